The minimum atomic E-state index is -0.554. The predicted molar refractivity (Wildman–Crippen MR) is 86.9 cm³/mol. The van der Waals surface area contributed by atoms with Gasteiger partial charge in [0.05, 0.1) is 5.41 Å². The molecule has 5 nitrogen and oxygen atoms in total. The van der Waals surface area contributed by atoms with Gasteiger partial charge < -0.3 is 19.7 Å². The summed E-state index contributed by atoms with van der Waals surface area (Å²) in [7, 11) is 0. The number of nitrogens with zero attached hydrogens (tertiary/aromatic N) is 1. The van der Waals surface area contributed by atoms with Gasteiger partial charge in [0.25, 0.3) is 0 Å². The van der Waals surface area contributed by atoms with Crippen LogP contribution < -0.4 is 14.8 Å². The first kappa shape index (κ1) is 14.8. The molecule has 0 radical (unpaired) electrons. The van der Waals surface area contributed by atoms with E-state index in [2.05, 4.69) is 5.32 Å². The molecule has 5 heteroatoms. The number of fused-ring (bicyclic) bond motifs is 2. The van der Waals surface area contributed by atoms with Gasteiger partial charge in [0.1, 0.15) is 13.2 Å². The van der Waals surface area contributed by atoms with Gasteiger partial charge in [-0.2, -0.15) is 0 Å². The van der Waals surface area contributed by atoms with Gasteiger partial charge in [0, 0.05) is 26.2 Å². The molecule has 0 spiro atoms. The van der Waals surface area contributed by atoms with Gasteiger partial charge in [0.15, 0.2) is 11.5 Å². The summed E-state index contributed by atoms with van der Waals surface area (Å²) in [4.78, 5) is 15.1. The molecule has 2 fully saturated rings. The van der Waals surface area contributed by atoms with Crippen LogP contribution in [0.3, 0.4) is 0 Å². The Morgan fingerprint density at radius 3 is 2.48 bits per heavy atom. The number of benzene rings is 1. The highest BCUT2D eigenvalue weighted by Crippen LogP contribution is 2.37. The van der Waals surface area contributed by atoms with Crippen LogP contribution in [0.1, 0.15) is 19.4 Å². The van der Waals surface area contributed by atoms with Gasteiger partial charge in [-0.1, -0.05) is 6.07 Å². The second-order valence-electron chi connectivity index (χ2n) is 7.37. The molecule has 1 aromatic carbocycles. The van der Waals surface area contributed by atoms with Gasteiger partial charge in [-0.3, -0.25) is 4.79 Å². The van der Waals surface area contributed by atoms with E-state index >= 15 is 0 Å². The standard InChI is InChI=1S/C18H24N2O3/c1-18(2,14-3-4-15-16(7-14)23-6-5-22-15)17(21)20-10-12-8-19-9-13(12)11-20/h3-4,7,12-13,19H,5-6,8-11H2,1-2H3/t12-,13+. The molecule has 2 atom stereocenters. The number of carbonyl (C=O) groups is 1. The number of ether oxygens (including phenoxy) is 2. The Bertz CT molecular complexity index is 617. The summed E-state index contributed by atoms with van der Waals surface area (Å²) in [5.74, 6) is 2.97. The Morgan fingerprint density at radius 2 is 1.78 bits per heavy atom. The number of amides is 1. The number of hydrogen-bond acceptors (Lipinski definition) is 4. The molecular weight excluding hydrogens is 292 g/mol. The summed E-state index contributed by atoms with van der Waals surface area (Å²) in [6, 6.07) is 5.87. The van der Waals surface area contributed by atoms with Crippen molar-refractivity contribution in [2.45, 2.75) is 19.3 Å². The van der Waals surface area contributed by atoms with Gasteiger partial charge >= 0.3 is 0 Å². The molecular formula is C18H24N2O3. The second kappa shape index (κ2) is 5.41. The molecule has 0 saturated carbocycles. The number of likely N-dealkylation sites (tertiary alicyclic amines) is 1. The quantitative estimate of drug-likeness (QED) is 0.896. The molecule has 1 aromatic rings. The summed E-state index contributed by atoms with van der Waals surface area (Å²) in [5, 5.41) is 3.42. The van der Waals surface area contributed by atoms with Crippen molar-refractivity contribution in [3.63, 3.8) is 0 Å². The van der Waals surface area contributed by atoms with Crippen LogP contribution in [0.2, 0.25) is 0 Å². The zero-order chi connectivity index (χ0) is 16.0. The lowest BCUT2D eigenvalue weighted by atomic mass is 9.83. The fourth-order valence-corrected chi connectivity index (χ4v) is 3.97. The van der Waals surface area contributed by atoms with Crippen LogP contribution in [0.5, 0.6) is 11.5 Å². The van der Waals surface area contributed by atoms with E-state index in [-0.39, 0.29) is 5.91 Å². The van der Waals surface area contributed by atoms with Crippen molar-refractivity contribution >= 4 is 5.91 Å². The van der Waals surface area contributed by atoms with Crippen molar-refractivity contribution < 1.29 is 14.3 Å². The zero-order valence-electron chi connectivity index (χ0n) is 13.8. The van der Waals surface area contributed by atoms with E-state index < -0.39 is 5.41 Å². The van der Waals surface area contributed by atoms with E-state index in [9.17, 15) is 4.79 Å². The van der Waals surface area contributed by atoms with E-state index in [1.165, 1.54) is 0 Å². The Morgan fingerprint density at radius 1 is 1.13 bits per heavy atom. The minimum Gasteiger partial charge on any atom is -0.486 e. The number of hydrogen-bond donors (Lipinski definition) is 1. The molecule has 3 aliphatic heterocycles. The first-order valence-electron chi connectivity index (χ1n) is 8.46. The van der Waals surface area contributed by atoms with E-state index in [0.29, 0.717) is 25.0 Å². The number of rotatable bonds is 2. The molecule has 0 unspecified atom stereocenters. The lowest BCUT2D eigenvalue weighted by Crippen LogP contribution is -2.43. The molecule has 3 aliphatic rings. The van der Waals surface area contributed by atoms with Crippen molar-refractivity contribution in [2.75, 3.05) is 39.4 Å². The van der Waals surface area contributed by atoms with E-state index in [4.69, 9.17) is 9.47 Å². The number of carbonyl (C=O) groups excluding carboxylic acids is 1. The molecule has 1 N–H and O–H groups in total. The monoisotopic (exact) mass is 316 g/mol. The van der Waals surface area contributed by atoms with Crippen molar-refractivity contribution in [2.24, 2.45) is 11.8 Å². The first-order valence-corrected chi connectivity index (χ1v) is 8.46. The van der Waals surface area contributed by atoms with Crippen LogP contribution in [0.4, 0.5) is 0 Å². The van der Waals surface area contributed by atoms with Crippen molar-refractivity contribution in [1.82, 2.24) is 10.2 Å². The maximum atomic E-state index is 13.1. The Labute approximate surface area is 136 Å². The Balaban J connectivity index is 1.56. The van der Waals surface area contributed by atoms with E-state index in [1.807, 2.05) is 36.9 Å². The van der Waals surface area contributed by atoms with Gasteiger partial charge in [-0.05, 0) is 43.4 Å². The van der Waals surface area contributed by atoms with E-state index in [0.717, 1.165) is 43.2 Å². The summed E-state index contributed by atoms with van der Waals surface area (Å²) in [5.41, 5.74) is 0.434. The normalized spacial score (nSPS) is 26.3. The summed E-state index contributed by atoms with van der Waals surface area (Å²) >= 11 is 0. The summed E-state index contributed by atoms with van der Waals surface area (Å²) in [6.45, 7) is 9.00. The van der Waals surface area contributed by atoms with Crippen LogP contribution >= 0.6 is 0 Å². The first-order chi connectivity index (χ1) is 11.1. The van der Waals surface area contributed by atoms with Crippen LogP contribution in [0.15, 0.2) is 18.2 Å². The summed E-state index contributed by atoms with van der Waals surface area (Å²) in [6.07, 6.45) is 0. The molecule has 4 rings (SSSR count). The average Bonchev–Trinajstić information content (AvgIpc) is 3.15. The third-order valence-electron chi connectivity index (χ3n) is 5.48. The molecule has 23 heavy (non-hydrogen) atoms. The number of nitrogens with one attached hydrogen (secondary N) is 1. The lowest BCUT2D eigenvalue weighted by molar-refractivity contribution is -0.135. The maximum Gasteiger partial charge on any atom is 0.232 e. The fourth-order valence-electron chi connectivity index (χ4n) is 3.97. The highest BCUT2D eigenvalue weighted by atomic mass is 16.6. The molecule has 1 amide bonds. The maximum absolute atomic E-state index is 13.1. The SMILES string of the molecule is CC(C)(C(=O)N1C[C@H]2CNC[C@H]2C1)c1ccc2c(c1)OCCO2. The predicted octanol–water partition coefficient (Wildman–Crippen LogP) is 1.41. The lowest BCUT2D eigenvalue weighted by Gasteiger charge is -2.31. The van der Waals surface area contributed by atoms with Crippen LogP contribution in [-0.2, 0) is 10.2 Å². The van der Waals surface area contributed by atoms with Crippen LogP contribution in [-0.4, -0.2) is 50.2 Å². The molecule has 0 bridgehead atoms. The highest BCUT2D eigenvalue weighted by Gasteiger charge is 2.42. The van der Waals surface area contributed by atoms with E-state index in [1.54, 1.807) is 0 Å². The summed E-state index contributed by atoms with van der Waals surface area (Å²) < 4.78 is 11.2. The van der Waals surface area contributed by atoms with Gasteiger partial charge in [0.2, 0.25) is 5.91 Å². The van der Waals surface area contributed by atoms with Crippen LogP contribution in [0, 0.1) is 11.8 Å². The Kier molecular flexibility index (Phi) is 3.48. The largest absolute Gasteiger partial charge is 0.486 e. The minimum absolute atomic E-state index is 0.212. The molecule has 124 valence electrons. The molecule has 0 aliphatic carbocycles. The smallest absolute Gasteiger partial charge is 0.232 e. The third-order valence-corrected chi connectivity index (χ3v) is 5.48. The average molecular weight is 316 g/mol. The van der Waals surface area contributed by atoms with Crippen molar-refractivity contribution in [3.8, 4) is 11.5 Å². The third kappa shape index (κ3) is 2.47. The van der Waals surface area contributed by atoms with Crippen molar-refractivity contribution in [1.29, 1.82) is 0 Å². The van der Waals surface area contributed by atoms with Crippen molar-refractivity contribution in [3.05, 3.63) is 23.8 Å². The Hall–Kier alpha value is -1.75. The van der Waals surface area contributed by atoms with Crippen LogP contribution in [0.25, 0.3) is 0 Å². The molecule has 2 saturated heterocycles. The highest BCUT2D eigenvalue weighted by molar-refractivity contribution is 5.88. The van der Waals surface area contributed by atoms with Gasteiger partial charge in [-0.15, -0.1) is 0 Å². The second-order valence-corrected chi connectivity index (χ2v) is 7.37. The fraction of sp³-hybridized carbons (Fsp3) is 0.611. The molecule has 0 aromatic heterocycles. The zero-order valence-corrected chi connectivity index (χ0v) is 13.8. The van der Waals surface area contributed by atoms with Gasteiger partial charge in [-0.25, -0.2) is 0 Å². The topological polar surface area (TPSA) is 50.8 Å². The molecule has 3 heterocycles.